The Balaban J connectivity index is 2.78. The van der Waals surface area contributed by atoms with Crippen LogP contribution in [0.4, 0.5) is 0 Å². The van der Waals surface area contributed by atoms with Crippen molar-refractivity contribution in [1.82, 2.24) is 4.90 Å². The lowest BCUT2D eigenvalue weighted by Crippen LogP contribution is -2.45. The van der Waals surface area contributed by atoms with Gasteiger partial charge >= 0.3 is 0 Å². The fourth-order valence-corrected chi connectivity index (χ4v) is 2.42. The van der Waals surface area contributed by atoms with E-state index in [1.54, 1.807) is 6.92 Å². The molecular formula is C10H19NO. The van der Waals surface area contributed by atoms with E-state index in [4.69, 9.17) is 0 Å². The Bertz CT molecular complexity index is 173. The molecule has 1 amide bonds. The number of nitrogens with zero attached hydrogens (tertiary/aromatic N) is 1. The van der Waals surface area contributed by atoms with Crippen LogP contribution in [0.15, 0.2) is 0 Å². The molecule has 0 aromatic carbocycles. The Morgan fingerprint density at radius 2 is 2.00 bits per heavy atom. The molecule has 0 aliphatic carbocycles. The van der Waals surface area contributed by atoms with Crippen molar-refractivity contribution in [3.05, 3.63) is 0 Å². The van der Waals surface area contributed by atoms with Crippen molar-refractivity contribution in [1.29, 1.82) is 0 Å². The van der Waals surface area contributed by atoms with Gasteiger partial charge in [0.15, 0.2) is 0 Å². The van der Waals surface area contributed by atoms with E-state index >= 15 is 0 Å². The SMILES string of the molecule is CCC1(CC)CCCN1C(C)=O. The van der Waals surface area contributed by atoms with Gasteiger partial charge in [0.05, 0.1) is 0 Å². The van der Waals surface area contributed by atoms with Crippen molar-refractivity contribution in [2.75, 3.05) is 6.54 Å². The first-order valence-electron chi connectivity index (χ1n) is 4.94. The minimum absolute atomic E-state index is 0.200. The average molecular weight is 169 g/mol. The fraction of sp³-hybridized carbons (Fsp3) is 0.900. The monoisotopic (exact) mass is 169 g/mol. The molecule has 0 N–H and O–H groups in total. The van der Waals surface area contributed by atoms with Crippen LogP contribution in [0, 0.1) is 0 Å². The lowest BCUT2D eigenvalue weighted by molar-refractivity contribution is -0.133. The zero-order chi connectivity index (χ0) is 9.19. The Labute approximate surface area is 74.9 Å². The summed E-state index contributed by atoms with van der Waals surface area (Å²) in [5.41, 5.74) is 0.200. The molecule has 12 heavy (non-hydrogen) atoms. The van der Waals surface area contributed by atoms with E-state index < -0.39 is 0 Å². The fourth-order valence-electron chi connectivity index (χ4n) is 2.42. The van der Waals surface area contributed by atoms with Gasteiger partial charge in [-0.2, -0.15) is 0 Å². The van der Waals surface area contributed by atoms with Crippen LogP contribution in [0.5, 0.6) is 0 Å². The average Bonchev–Trinajstić information content (AvgIpc) is 2.48. The predicted molar refractivity (Wildman–Crippen MR) is 49.9 cm³/mol. The van der Waals surface area contributed by atoms with E-state index in [2.05, 4.69) is 18.7 Å². The first-order valence-corrected chi connectivity index (χ1v) is 4.94. The number of carbonyl (C=O) groups excluding carboxylic acids is 1. The van der Waals surface area contributed by atoms with Gasteiger partial charge in [0.1, 0.15) is 0 Å². The maximum atomic E-state index is 11.3. The molecule has 0 aromatic heterocycles. The normalized spacial score (nSPS) is 21.4. The van der Waals surface area contributed by atoms with Gasteiger partial charge in [-0.05, 0) is 25.7 Å². The summed E-state index contributed by atoms with van der Waals surface area (Å²) >= 11 is 0. The van der Waals surface area contributed by atoms with Crippen LogP contribution in [0.3, 0.4) is 0 Å². The summed E-state index contributed by atoms with van der Waals surface area (Å²) < 4.78 is 0. The smallest absolute Gasteiger partial charge is 0.219 e. The first-order chi connectivity index (χ1) is 5.66. The molecule has 0 unspecified atom stereocenters. The summed E-state index contributed by atoms with van der Waals surface area (Å²) in [4.78, 5) is 13.4. The summed E-state index contributed by atoms with van der Waals surface area (Å²) in [5, 5.41) is 0. The third kappa shape index (κ3) is 1.35. The molecule has 0 saturated carbocycles. The quantitative estimate of drug-likeness (QED) is 0.620. The van der Waals surface area contributed by atoms with Crippen LogP contribution in [0.2, 0.25) is 0 Å². The van der Waals surface area contributed by atoms with Crippen molar-refractivity contribution in [3.63, 3.8) is 0 Å². The summed E-state index contributed by atoms with van der Waals surface area (Å²) in [5.74, 6) is 0.246. The van der Waals surface area contributed by atoms with E-state index in [0.29, 0.717) is 0 Å². The maximum Gasteiger partial charge on any atom is 0.219 e. The predicted octanol–water partition coefficient (Wildman–Crippen LogP) is 2.19. The molecule has 0 spiro atoms. The molecule has 0 bridgehead atoms. The molecule has 1 fully saturated rings. The zero-order valence-corrected chi connectivity index (χ0v) is 8.39. The van der Waals surface area contributed by atoms with Gasteiger partial charge in [0, 0.05) is 19.0 Å². The van der Waals surface area contributed by atoms with Crippen LogP contribution in [-0.2, 0) is 4.79 Å². The molecule has 0 aromatic rings. The van der Waals surface area contributed by atoms with Gasteiger partial charge in [-0.3, -0.25) is 4.79 Å². The summed E-state index contributed by atoms with van der Waals surface area (Å²) in [6.07, 6.45) is 4.58. The number of hydrogen-bond acceptors (Lipinski definition) is 1. The van der Waals surface area contributed by atoms with Crippen LogP contribution >= 0.6 is 0 Å². The maximum absolute atomic E-state index is 11.3. The third-order valence-corrected chi connectivity index (χ3v) is 3.29. The Hall–Kier alpha value is -0.530. The van der Waals surface area contributed by atoms with Crippen molar-refractivity contribution in [3.8, 4) is 0 Å². The minimum atomic E-state index is 0.200. The van der Waals surface area contributed by atoms with Gasteiger partial charge < -0.3 is 4.90 Å². The largest absolute Gasteiger partial charge is 0.337 e. The number of likely N-dealkylation sites (tertiary alicyclic amines) is 1. The third-order valence-electron chi connectivity index (χ3n) is 3.29. The summed E-state index contributed by atoms with van der Waals surface area (Å²) in [6, 6.07) is 0. The summed E-state index contributed by atoms with van der Waals surface area (Å²) in [7, 11) is 0. The van der Waals surface area contributed by atoms with Crippen LogP contribution in [0.25, 0.3) is 0 Å². The lowest BCUT2D eigenvalue weighted by atomic mass is 9.90. The summed E-state index contributed by atoms with van der Waals surface area (Å²) in [6.45, 7) is 7.03. The number of hydrogen-bond donors (Lipinski definition) is 0. The Kier molecular flexibility index (Phi) is 2.76. The standard InChI is InChI=1S/C10H19NO/c1-4-10(5-2)7-6-8-11(10)9(3)12/h4-8H2,1-3H3. The molecule has 1 aliphatic rings. The highest BCUT2D eigenvalue weighted by Gasteiger charge is 2.38. The van der Waals surface area contributed by atoms with E-state index in [9.17, 15) is 4.79 Å². The van der Waals surface area contributed by atoms with Crippen LogP contribution in [-0.4, -0.2) is 22.9 Å². The van der Waals surface area contributed by atoms with E-state index in [0.717, 1.165) is 19.4 Å². The number of carbonyl (C=O) groups is 1. The van der Waals surface area contributed by atoms with Crippen LogP contribution < -0.4 is 0 Å². The zero-order valence-electron chi connectivity index (χ0n) is 8.39. The molecule has 70 valence electrons. The molecular weight excluding hydrogens is 150 g/mol. The van der Waals surface area contributed by atoms with E-state index in [-0.39, 0.29) is 11.4 Å². The molecule has 1 saturated heterocycles. The van der Waals surface area contributed by atoms with E-state index in [1.165, 1.54) is 12.8 Å². The second kappa shape index (κ2) is 3.46. The van der Waals surface area contributed by atoms with Crippen LogP contribution in [0.1, 0.15) is 46.5 Å². The molecule has 0 radical (unpaired) electrons. The highest BCUT2D eigenvalue weighted by atomic mass is 16.2. The van der Waals surface area contributed by atoms with Gasteiger partial charge in [-0.25, -0.2) is 0 Å². The van der Waals surface area contributed by atoms with Crippen molar-refractivity contribution >= 4 is 5.91 Å². The van der Waals surface area contributed by atoms with E-state index in [1.807, 2.05) is 0 Å². The number of rotatable bonds is 2. The second-order valence-corrected chi connectivity index (χ2v) is 3.71. The van der Waals surface area contributed by atoms with Gasteiger partial charge in [0.25, 0.3) is 0 Å². The van der Waals surface area contributed by atoms with Gasteiger partial charge in [0.2, 0.25) is 5.91 Å². The van der Waals surface area contributed by atoms with Gasteiger partial charge in [-0.15, -0.1) is 0 Å². The van der Waals surface area contributed by atoms with Crippen molar-refractivity contribution < 1.29 is 4.79 Å². The molecule has 1 rings (SSSR count). The highest BCUT2D eigenvalue weighted by molar-refractivity contribution is 5.74. The molecule has 1 heterocycles. The highest BCUT2D eigenvalue weighted by Crippen LogP contribution is 2.34. The molecule has 2 nitrogen and oxygen atoms in total. The Morgan fingerprint density at radius 1 is 1.42 bits per heavy atom. The Morgan fingerprint density at radius 3 is 2.33 bits per heavy atom. The molecule has 0 atom stereocenters. The minimum Gasteiger partial charge on any atom is -0.337 e. The first kappa shape index (κ1) is 9.56. The van der Waals surface area contributed by atoms with Crippen molar-refractivity contribution in [2.45, 2.75) is 52.0 Å². The lowest BCUT2D eigenvalue weighted by Gasteiger charge is -2.36. The second-order valence-electron chi connectivity index (χ2n) is 3.71. The topological polar surface area (TPSA) is 20.3 Å². The molecule has 1 aliphatic heterocycles. The molecule has 2 heteroatoms. The van der Waals surface area contributed by atoms with Gasteiger partial charge in [-0.1, -0.05) is 13.8 Å². The number of amides is 1. The van der Waals surface area contributed by atoms with Crippen molar-refractivity contribution in [2.24, 2.45) is 0 Å².